The predicted molar refractivity (Wildman–Crippen MR) is 115 cm³/mol. The van der Waals surface area contributed by atoms with Gasteiger partial charge in [-0.25, -0.2) is 4.98 Å². The highest BCUT2D eigenvalue weighted by Crippen LogP contribution is 2.23. The highest BCUT2D eigenvalue weighted by Gasteiger charge is 2.11. The van der Waals surface area contributed by atoms with Crippen molar-refractivity contribution in [2.75, 3.05) is 6.61 Å². The normalized spacial score (nSPS) is 11.1. The molecule has 0 amide bonds. The minimum Gasteiger partial charge on any atom is -0.491 e. The zero-order chi connectivity index (χ0) is 19.3. The van der Waals surface area contributed by atoms with Gasteiger partial charge in [-0.05, 0) is 49.1 Å². The van der Waals surface area contributed by atoms with E-state index in [1.165, 1.54) is 22.2 Å². The highest BCUT2D eigenvalue weighted by molar-refractivity contribution is 5.75. The van der Waals surface area contributed by atoms with Crippen molar-refractivity contribution in [3.05, 3.63) is 95.3 Å². The Morgan fingerprint density at radius 1 is 0.786 bits per heavy atom. The van der Waals surface area contributed by atoms with Crippen LogP contribution in [0.4, 0.5) is 0 Å². The molecule has 0 saturated heterocycles. The van der Waals surface area contributed by atoms with Crippen LogP contribution >= 0.6 is 0 Å². The van der Waals surface area contributed by atoms with E-state index in [2.05, 4.69) is 85.1 Å². The fourth-order valence-corrected chi connectivity index (χ4v) is 3.73. The van der Waals surface area contributed by atoms with Crippen molar-refractivity contribution in [3.63, 3.8) is 0 Å². The number of hydrogen-bond acceptors (Lipinski definition) is 2. The van der Waals surface area contributed by atoms with Crippen LogP contribution in [-0.2, 0) is 19.4 Å². The second-order valence-corrected chi connectivity index (χ2v) is 7.22. The summed E-state index contributed by atoms with van der Waals surface area (Å²) >= 11 is 0. The topological polar surface area (TPSA) is 27.1 Å². The Morgan fingerprint density at radius 2 is 1.50 bits per heavy atom. The molecule has 0 N–H and O–H groups in total. The van der Waals surface area contributed by atoms with Crippen molar-refractivity contribution in [1.82, 2.24) is 9.55 Å². The molecule has 3 heteroatoms. The number of fused-ring (bicyclic) bond motifs is 1. The van der Waals surface area contributed by atoms with Crippen molar-refractivity contribution >= 4 is 11.0 Å². The van der Waals surface area contributed by atoms with Gasteiger partial charge < -0.3 is 9.30 Å². The number of imidazole rings is 1. The third kappa shape index (κ3) is 3.94. The fraction of sp³-hybridized carbons (Fsp3) is 0.240. The van der Waals surface area contributed by atoms with Crippen LogP contribution in [0.25, 0.3) is 11.0 Å². The van der Waals surface area contributed by atoms with Crippen molar-refractivity contribution < 1.29 is 4.74 Å². The van der Waals surface area contributed by atoms with Gasteiger partial charge in [0.15, 0.2) is 0 Å². The number of ether oxygens (including phenoxy) is 1. The second-order valence-electron chi connectivity index (χ2n) is 7.22. The lowest BCUT2D eigenvalue weighted by molar-refractivity contribution is 0.294. The molecule has 0 radical (unpaired) electrons. The standard InChI is InChI=1S/C25H26N2O/c1-19-9-8-10-20(2)25(19)28-18-17-27-23-14-7-6-13-22(23)26-24(27)16-15-21-11-4-3-5-12-21/h3-14H,15-18H2,1-2H3. The summed E-state index contributed by atoms with van der Waals surface area (Å²) in [4.78, 5) is 4.90. The summed E-state index contributed by atoms with van der Waals surface area (Å²) in [6.07, 6.45) is 1.91. The molecule has 0 bridgehead atoms. The van der Waals surface area contributed by atoms with Gasteiger partial charge in [0, 0.05) is 6.42 Å². The summed E-state index contributed by atoms with van der Waals surface area (Å²) in [6.45, 7) is 5.61. The van der Waals surface area contributed by atoms with Gasteiger partial charge in [0.1, 0.15) is 18.2 Å². The van der Waals surface area contributed by atoms with E-state index in [-0.39, 0.29) is 0 Å². The van der Waals surface area contributed by atoms with E-state index in [0.29, 0.717) is 6.61 Å². The number of aromatic nitrogens is 2. The van der Waals surface area contributed by atoms with Gasteiger partial charge in [0.2, 0.25) is 0 Å². The Bertz CT molecular complexity index is 1050. The molecule has 0 spiro atoms. The molecule has 1 aromatic heterocycles. The van der Waals surface area contributed by atoms with Crippen LogP contribution in [-0.4, -0.2) is 16.2 Å². The molecule has 142 valence electrons. The monoisotopic (exact) mass is 370 g/mol. The molecular weight excluding hydrogens is 344 g/mol. The molecular formula is C25H26N2O. The maximum Gasteiger partial charge on any atom is 0.125 e. The average molecular weight is 370 g/mol. The van der Waals surface area contributed by atoms with Crippen LogP contribution < -0.4 is 4.74 Å². The lowest BCUT2D eigenvalue weighted by Crippen LogP contribution is -2.12. The first-order chi connectivity index (χ1) is 13.7. The molecule has 0 aliphatic rings. The van der Waals surface area contributed by atoms with E-state index >= 15 is 0 Å². The Hall–Kier alpha value is -3.07. The zero-order valence-electron chi connectivity index (χ0n) is 16.6. The Morgan fingerprint density at radius 3 is 2.29 bits per heavy atom. The number of rotatable bonds is 7. The van der Waals surface area contributed by atoms with E-state index < -0.39 is 0 Å². The van der Waals surface area contributed by atoms with Gasteiger partial charge in [0.25, 0.3) is 0 Å². The molecule has 0 aliphatic carbocycles. The SMILES string of the molecule is Cc1cccc(C)c1OCCn1c(CCc2ccccc2)nc2ccccc21. The lowest BCUT2D eigenvalue weighted by Gasteiger charge is -2.14. The maximum atomic E-state index is 6.16. The summed E-state index contributed by atoms with van der Waals surface area (Å²) in [6, 6.07) is 25.2. The number of aryl methyl sites for hydroxylation is 4. The van der Waals surface area contributed by atoms with Crippen LogP contribution in [0.1, 0.15) is 22.5 Å². The molecule has 4 rings (SSSR count). The summed E-state index contributed by atoms with van der Waals surface area (Å²) < 4.78 is 8.47. The van der Waals surface area contributed by atoms with E-state index in [4.69, 9.17) is 9.72 Å². The number of nitrogens with zero attached hydrogens (tertiary/aromatic N) is 2. The van der Waals surface area contributed by atoms with Crippen molar-refractivity contribution in [3.8, 4) is 5.75 Å². The smallest absolute Gasteiger partial charge is 0.125 e. The molecule has 0 aliphatic heterocycles. The third-order valence-electron chi connectivity index (χ3n) is 5.18. The van der Waals surface area contributed by atoms with Crippen LogP contribution in [0.5, 0.6) is 5.75 Å². The average Bonchev–Trinajstić information content (AvgIpc) is 3.07. The molecule has 28 heavy (non-hydrogen) atoms. The van der Waals surface area contributed by atoms with Crippen LogP contribution in [0.15, 0.2) is 72.8 Å². The van der Waals surface area contributed by atoms with Gasteiger partial charge in [0.05, 0.1) is 17.6 Å². The van der Waals surface area contributed by atoms with E-state index in [1.807, 2.05) is 6.07 Å². The third-order valence-corrected chi connectivity index (χ3v) is 5.18. The van der Waals surface area contributed by atoms with E-state index in [9.17, 15) is 0 Å². The van der Waals surface area contributed by atoms with Gasteiger partial charge in [-0.3, -0.25) is 0 Å². The largest absolute Gasteiger partial charge is 0.491 e. The zero-order valence-corrected chi connectivity index (χ0v) is 16.6. The predicted octanol–water partition coefficient (Wildman–Crippen LogP) is 5.52. The molecule has 0 saturated carbocycles. The highest BCUT2D eigenvalue weighted by atomic mass is 16.5. The van der Waals surface area contributed by atoms with Gasteiger partial charge >= 0.3 is 0 Å². The van der Waals surface area contributed by atoms with Crippen LogP contribution in [0.2, 0.25) is 0 Å². The molecule has 0 fully saturated rings. The van der Waals surface area contributed by atoms with Crippen molar-refractivity contribution in [2.24, 2.45) is 0 Å². The number of para-hydroxylation sites is 3. The molecule has 0 unspecified atom stereocenters. The minimum absolute atomic E-state index is 0.629. The molecule has 4 aromatic rings. The molecule has 3 nitrogen and oxygen atoms in total. The van der Waals surface area contributed by atoms with Gasteiger partial charge in [-0.15, -0.1) is 0 Å². The van der Waals surface area contributed by atoms with E-state index in [1.54, 1.807) is 0 Å². The van der Waals surface area contributed by atoms with Gasteiger partial charge in [-0.2, -0.15) is 0 Å². The molecule has 3 aromatic carbocycles. The number of hydrogen-bond donors (Lipinski definition) is 0. The summed E-state index contributed by atoms with van der Waals surface area (Å²) in [5.74, 6) is 2.12. The summed E-state index contributed by atoms with van der Waals surface area (Å²) in [5.41, 5.74) is 5.93. The molecule has 1 heterocycles. The van der Waals surface area contributed by atoms with Crippen molar-refractivity contribution in [2.45, 2.75) is 33.2 Å². The first-order valence-corrected chi connectivity index (χ1v) is 9.89. The van der Waals surface area contributed by atoms with Crippen LogP contribution in [0.3, 0.4) is 0 Å². The number of benzene rings is 3. The fourth-order valence-electron chi connectivity index (χ4n) is 3.73. The van der Waals surface area contributed by atoms with Crippen LogP contribution in [0, 0.1) is 13.8 Å². The first kappa shape index (κ1) is 18.3. The Balaban J connectivity index is 1.53. The van der Waals surface area contributed by atoms with E-state index in [0.717, 1.165) is 36.5 Å². The Kier molecular flexibility index (Phi) is 5.43. The maximum absolute atomic E-state index is 6.16. The summed E-state index contributed by atoms with van der Waals surface area (Å²) in [7, 11) is 0. The minimum atomic E-state index is 0.629. The lowest BCUT2D eigenvalue weighted by atomic mass is 10.1. The summed E-state index contributed by atoms with van der Waals surface area (Å²) in [5, 5.41) is 0. The quantitative estimate of drug-likeness (QED) is 0.428. The molecule has 0 atom stereocenters. The Labute approximate surface area is 166 Å². The van der Waals surface area contributed by atoms with Crippen molar-refractivity contribution in [1.29, 1.82) is 0 Å². The first-order valence-electron chi connectivity index (χ1n) is 9.89. The second kappa shape index (κ2) is 8.30. The van der Waals surface area contributed by atoms with Gasteiger partial charge in [-0.1, -0.05) is 60.7 Å².